The normalized spacial score (nSPS) is 19.8. The molecule has 19 heavy (non-hydrogen) atoms. The number of hydrogen-bond acceptors (Lipinski definition) is 4. The Morgan fingerprint density at radius 3 is 2.84 bits per heavy atom. The first-order valence-corrected chi connectivity index (χ1v) is 6.91. The van der Waals surface area contributed by atoms with Gasteiger partial charge in [0.1, 0.15) is 0 Å². The van der Waals surface area contributed by atoms with E-state index in [1.165, 1.54) is 5.56 Å². The van der Waals surface area contributed by atoms with Crippen molar-refractivity contribution >= 4 is 0 Å². The van der Waals surface area contributed by atoms with E-state index in [9.17, 15) is 0 Å². The smallest absolute Gasteiger partial charge is 0.0892 e. The van der Waals surface area contributed by atoms with Gasteiger partial charge in [0.2, 0.25) is 0 Å². The third kappa shape index (κ3) is 5.27. The monoisotopic (exact) mass is 264 g/mol. The van der Waals surface area contributed by atoms with E-state index in [1.807, 2.05) is 12.3 Å². The number of nitrogens with zero attached hydrogens (tertiary/aromatic N) is 1. The van der Waals surface area contributed by atoms with Crippen molar-refractivity contribution in [1.29, 1.82) is 0 Å². The number of nitrogens with one attached hydrogen (secondary N) is 1. The van der Waals surface area contributed by atoms with Gasteiger partial charge >= 0.3 is 0 Å². The maximum Gasteiger partial charge on any atom is 0.0892 e. The lowest BCUT2D eigenvalue weighted by molar-refractivity contribution is 0.0301. The molecule has 1 unspecified atom stereocenters. The molecule has 0 spiro atoms. The van der Waals surface area contributed by atoms with Crippen LogP contribution in [-0.4, -0.2) is 29.8 Å². The first-order valence-electron chi connectivity index (χ1n) is 6.91. The maximum absolute atomic E-state index is 5.74. The summed E-state index contributed by atoms with van der Waals surface area (Å²) in [5, 5.41) is 3.45. The number of rotatable bonds is 5. The van der Waals surface area contributed by atoms with Crippen molar-refractivity contribution in [1.82, 2.24) is 10.3 Å². The van der Waals surface area contributed by atoms with Gasteiger partial charge < -0.3 is 14.8 Å². The van der Waals surface area contributed by atoms with E-state index in [2.05, 4.69) is 37.1 Å². The van der Waals surface area contributed by atoms with Crippen LogP contribution in [0.25, 0.3) is 0 Å². The average Bonchev–Trinajstić information content (AvgIpc) is 2.87. The van der Waals surface area contributed by atoms with Crippen molar-refractivity contribution in [3.05, 3.63) is 29.6 Å². The van der Waals surface area contributed by atoms with E-state index < -0.39 is 0 Å². The fourth-order valence-corrected chi connectivity index (χ4v) is 1.86. The van der Waals surface area contributed by atoms with Crippen LogP contribution in [0.2, 0.25) is 0 Å². The summed E-state index contributed by atoms with van der Waals surface area (Å²) in [6.45, 7) is 9.42. The van der Waals surface area contributed by atoms with E-state index in [-0.39, 0.29) is 11.6 Å². The minimum absolute atomic E-state index is 0.129. The fraction of sp³-hybridized carbons (Fsp3) is 0.667. The Labute approximate surface area is 115 Å². The highest BCUT2D eigenvalue weighted by molar-refractivity contribution is 5.13. The summed E-state index contributed by atoms with van der Waals surface area (Å²) in [6.07, 6.45) is 3.15. The second kappa shape index (κ2) is 6.46. The largest absolute Gasteiger partial charge is 0.379 e. The molecule has 0 aromatic carbocycles. The van der Waals surface area contributed by atoms with Gasteiger partial charge in [0, 0.05) is 24.9 Å². The summed E-state index contributed by atoms with van der Waals surface area (Å²) < 4.78 is 11.0. The summed E-state index contributed by atoms with van der Waals surface area (Å²) >= 11 is 0. The molecular formula is C15H24N2O2. The van der Waals surface area contributed by atoms with Crippen LogP contribution >= 0.6 is 0 Å². The van der Waals surface area contributed by atoms with Crippen LogP contribution in [0.15, 0.2) is 18.3 Å². The highest BCUT2D eigenvalue weighted by Gasteiger charge is 2.16. The van der Waals surface area contributed by atoms with Gasteiger partial charge in [-0.25, -0.2) is 0 Å². The molecular weight excluding hydrogens is 240 g/mol. The number of pyridine rings is 1. The number of hydrogen-bond donors (Lipinski definition) is 1. The van der Waals surface area contributed by atoms with Gasteiger partial charge in [-0.2, -0.15) is 0 Å². The quantitative estimate of drug-likeness (QED) is 0.886. The number of ether oxygens (including phenoxy) is 2. The molecule has 4 nitrogen and oxygen atoms in total. The summed E-state index contributed by atoms with van der Waals surface area (Å²) in [5.74, 6) is 0. The maximum atomic E-state index is 5.74. The molecule has 1 aromatic rings. The molecule has 1 saturated heterocycles. The number of aromatic nitrogens is 1. The van der Waals surface area contributed by atoms with Crippen molar-refractivity contribution in [2.45, 2.75) is 52.0 Å². The summed E-state index contributed by atoms with van der Waals surface area (Å²) in [6, 6.07) is 4.14. The minimum atomic E-state index is 0.129. The van der Waals surface area contributed by atoms with E-state index in [1.54, 1.807) is 0 Å². The van der Waals surface area contributed by atoms with Crippen molar-refractivity contribution in [3.8, 4) is 0 Å². The highest BCUT2D eigenvalue weighted by Crippen LogP contribution is 2.11. The van der Waals surface area contributed by atoms with Gasteiger partial charge in [-0.05, 0) is 38.8 Å². The molecule has 1 aliphatic rings. The highest BCUT2D eigenvalue weighted by atomic mass is 16.5. The summed E-state index contributed by atoms with van der Waals surface area (Å²) in [7, 11) is 0. The van der Waals surface area contributed by atoms with Crippen LogP contribution in [0.3, 0.4) is 0 Å². The molecule has 2 heterocycles. The second-order valence-corrected chi connectivity index (χ2v) is 6.06. The Kier molecular flexibility index (Phi) is 4.91. The van der Waals surface area contributed by atoms with Crippen LogP contribution in [0.4, 0.5) is 0 Å². The zero-order chi connectivity index (χ0) is 13.7. The van der Waals surface area contributed by atoms with Crippen LogP contribution in [0, 0.1) is 0 Å². The predicted octanol–water partition coefficient (Wildman–Crippen LogP) is 2.28. The van der Waals surface area contributed by atoms with Crippen molar-refractivity contribution < 1.29 is 9.47 Å². The van der Waals surface area contributed by atoms with Gasteiger partial charge in [-0.1, -0.05) is 6.07 Å². The fourth-order valence-electron chi connectivity index (χ4n) is 1.86. The Hall–Kier alpha value is -0.970. The van der Waals surface area contributed by atoms with Gasteiger partial charge in [0.15, 0.2) is 0 Å². The molecule has 2 rings (SSSR count). The van der Waals surface area contributed by atoms with Crippen LogP contribution < -0.4 is 5.32 Å². The van der Waals surface area contributed by atoms with Crippen molar-refractivity contribution in [3.63, 3.8) is 0 Å². The molecule has 0 amide bonds. The molecule has 1 N–H and O–H groups in total. The Bertz CT molecular complexity index is 378. The van der Waals surface area contributed by atoms with E-state index in [0.29, 0.717) is 13.2 Å². The molecule has 1 fully saturated rings. The standard InChI is InChI=1S/C15H24N2O2/c1-15(2,3)17-9-12-4-5-13(16-8-12)10-19-14-6-7-18-11-14/h4-5,8,14,17H,6-7,9-11H2,1-3H3. The Morgan fingerprint density at radius 1 is 1.42 bits per heavy atom. The molecule has 1 atom stereocenters. The lowest BCUT2D eigenvalue weighted by Crippen LogP contribution is -2.35. The van der Waals surface area contributed by atoms with Crippen molar-refractivity contribution in [2.24, 2.45) is 0 Å². The van der Waals surface area contributed by atoms with Gasteiger partial charge in [0.05, 0.1) is 25.0 Å². The second-order valence-electron chi connectivity index (χ2n) is 6.06. The zero-order valence-corrected chi connectivity index (χ0v) is 12.1. The predicted molar refractivity (Wildman–Crippen MR) is 74.8 cm³/mol. The SMILES string of the molecule is CC(C)(C)NCc1ccc(COC2CCOC2)nc1. The van der Waals surface area contributed by atoms with Gasteiger partial charge in [-0.3, -0.25) is 4.98 Å². The molecule has 106 valence electrons. The molecule has 0 bridgehead atoms. The topological polar surface area (TPSA) is 43.4 Å². The van der Waals surface area contributed by atoms with E-state index >= 15 is 0 Å². The van der Waals surface area contributed by atoms with Crippen LogP contribution in [0.5, 0.6) is 0 Å². The molecule has 1 aromatic heterocycles. The van der Waals surface area contributed by atoms with Crippen LogP contribution in [0.1, 0.15) is 38.4 Å². The van der Waals surface area contributed by atoms with Gasteiger partial charge in [-0.15, -0.1) is 0 Å². The lowest BCUT2D eigenvalue weighted by atomic mass is 10.1. The average molecular weight is 264 g/mol. The van der Waals surface area contributed by atoms with E-state index in [4.69, 9.17) is 9.47 Å². The zero-order valence-electron chi connectivity index (χ0n) is 12.1. The lowest BCUT2D eigenvalue weighted by Gasteiger charge is -2.20. The molecule has 0 aliphatic carbocycles. The van der Waals surface area contributed by atoms with E-state index in [0.717, 1.165) is 25.3 Å². The van der Waals surface area contributed by atoms with Gasteiger partial charge in [0.25, 0.3) is 0 Å². The third-order valence-corrected chi connectivity index (χ3v) is 3.06. The molecule has 0 saturated carbocycles. The summed E-state index contributed by atoms with van der Waals surface area (Å²) in [5.41, 5.74) is 2.30. The Morgan fingerprint density at radius 2 is 2.26 bits per heavy atom. The molecule has 1 aliphatic heterocycles. The first kappa shape index (κ1) is 14.4. The molecule has 0 radical (unpaired) electrons. The van der Waals surface area contributed by atoms with Crippen molar-refractivity contribution in [2.75, 3.05) is 13.2 Å². The Balaban J connectivity index is 1.77. The molecule has 4 heteroatoms. The third-order valence-electron chi connectivity index (χ3n) is 3.06. The minimum Gasteiger partial charge on any atom is -0.379 e. The first-order chi connectivity index (χ1) is 9.03. The van der Waals surface area contributed by atoms with Crippen LogP contribution in [-0.2, 0) is 22.6 Å². The summed E-state index contributed by atoms with van der Waals surface area (Å²) in [4.78, 5) is 4.43.